The molecule has 266 valence electrons. The molecule has 0 aromatic rings. The van der Waals surface area contributed by atoms with E-state index in [1.807, 2.05) is 41.5 Å². The molecule has 1 aliphatic carbocycles. The Labute approximate surface area is 280 Å². The Hall–Kier alpha value is -3.44. The first-order valence-electron chi connectivity index (χ1n) is 16.7. The first-order chi connectivity index (χ1) is 21.4. The Morgan fingerprint density at radius 3 is 1.96 bits per heavy atom. The summed E-state index contributed by atoms with van der Waals surface area (Å²) in [5.41, 5.74) is -2.44. The van der Waals surface area contributed by atoms with Gasteiger partial charge in [0.25, 0.3) is 5.91 Å². The molecule has 12 nitrogen and oxygen atoms in total. The van der Waals surface area contributed by atoms with Crippen LogP contribution < -0.4 is 21.3 Å². The van der Waals surface area contributed by atoms with Crippen LogP contribution in [0.5, 0.6) is 0 Å². The van der Waals surface area contributed by atoms with Gasteiger partial charge in [-0.1, -0.05) is 81.2 Å². The number of amides is 5. The molecular formula is C35H59N5O7. The number of nitrogens with one attached hydrogen (secondary N) is 4. The summed E-state index contributed by atoms with van der Waals surface area (Å²) in [4.78, 5) is 81.8. The van der Waals surface area contributed by atoms with Crippen LogP contribution in [0.3, 0.4) is 0 Å². The van der Waals surface area contributed by atoms with Gasteiger partial charge in [-0.25, -0.2) is 9.59 Å². The van der Waals surface area contributed by atoms with Gasteiger partial charge in [0, 0.05) is 13.1 Å². The number of piperidine rings is 1. The number of fused-ring (bicyclic) bond motifs is 1. The maximum atomic E-state index is 14.3. The summed E-state index contributed by atoms with van der Waals surface area (Å²) in [7, 11) is 0. The number of carbonyl (C=O) groups excluding carboxylic acids is 6. The number of esters is 1. The van der Waals surface area contributed by atoms with Crippen LogP contribution in [0.2, 0.25) is 0 Å². The standard InChI is InChI=1S/C35H59N5O7/c1-14-16-17-21(24(41)28(43)36-18-15-2)37-27(42)23-22-20(35(22,12)13)19-40(23)29(44)25(32(3,4)5)38-31(46)39-26(33(6,7)8)30(45)47-34(9,10)11/h15,20-23,25-26H,2,14,16-19H2,1,3-13H3,(H,36,43)(H,37,42)(H2,38,39,46)/t20?,21?,22-,23-,25+,26+/m0/s1. The minimum atomic E-state index is -1.06. The van der Waals surface area contributed by atoms with E-state index in [4.69, 9.17) is 4.74 Å². The van der Waals surface area contributed by atoms with Crippen LogP contribution in [-0.2, 0) is 28.7 Å². The lowest BCUT2D eigenvalue weighted by Crippen LogP contribution is -2.63. The highest BCUT2D eigenvalue weighted by Gasteiger charge is 2.70. The Balaban J connectivity index is 2.35. The fraction of sp³-hybridized carbons (Fsp3) is 0.771. The van der Waals surface area contributed by atoms with E-state index in [2.05, 4.69) is 27.8 Å². The predicted molar refractivity (Wildman–Crippen MR) is 180 cm³/mol. The second-order valence-electron chi connectivity index (χ2n) is 16.7. The number of Topliss-reactive ketones (excluding diaryl/α,β-unsaturated/α-hetero) is 1. The minimum Gasteiger partial charge on any atom is -0.458 e. The molecule has 2 rings (SSSR count). The molecule has 2 fully saturated rings. The lowest BCUT2D eigenvalue weighted by atomic mass is 9.85. The maximum absolute atomic E-state index is 14.3. The highest BCUT2D eigenvalue weighted by molar-refractivity contribution is 6.38. The quantitative estimate of drug-likeness (QED) is 0.133. The van der Waals surface area contributed by atoms with Crippen molar-refractivity contribution in [3.63, 3.8) is 0 Å². The van der Waals surface area contributed by atoms with Crippen LogP contribution in [0.1, 0.15) is 102 Å². The third-order valence-electron chi connectivity index (χ3n) is 9.04. The summed E-state index contributed by atoms with van der Waals surface area (Å²) in [5.74, 6) is -3.20. The van der Waals surface area contributed by atoms with Gasteiger partial charge in [-0.05, 0) is 55.3 Å². The van der Waals surface area contributed by atoms with E-state index in [1.165, 1.54) is 11.0 Å². The second-order valence-corrected chi connectivity index (χ2v) is 16.7. The SMILES string of the molecule is C=CCNC(=O)C(=O)C(CCCC)NC(=O)[C@@H]1[C@@H]2C(CN1C(=O)[C@@H](NC(=O)N[C@H](C(=O)OC(C)(C)C)C(C)(C)C)C(C)(C)C)C2(C)C. The highest BCUT2D eigenvalue weighted by atomic mass is 16.6. The summed E-state index contributed by atoms with van der Waals surface area (Å²) in [6.45, 7) is 26.1. The molecule has 0 radical (unpaired) electrons. The fourth-order valence-corrected chi connectivity index (χ4v) is 6.27. The Kier molecular flexibility index (Phi) is 12.5. The number of hydrogen-bond acceptors (Lipinski definition) is 7. The van der Waals surface area contributed by atoms with Crippen LogP contribution in [0, 0.1) is 28.1 Å². The number of carbonyl (C=O) groups is 6. The van der Waals surface area contributed by atoms with Gasteiger partial charge in [-0.3, -0.25) is 19.2 Å². The monoisotopic (exact) mass is 661 g/mol. The molecule has 1 heterocycles. The Morgan fingerprint density at radius 2 is 1.47 bits per heavy atom. The van der Waals surface area contributed by atoms with Crippen LogP contribution in [0.4, 0.5) is 4.79 Å². The topological polar surface area (TPSA) is 163 Å². The van der Waals surface area contributed by atoms with Crippen molar-refractivity contribution in [3.05, 3.63) is 12.7 Å². The first-order valence-corrected chi connectivity index (χ1v) is 16.7. The van der Waals surface area contributed by atoms with E-state index in [-0.39, 0.29) is 30.2 Å². The lowest BCUT2D eigenvalue weighted by Gasteiger charge is -2.38. The second kappa shape index (κ2) is 14.8. The highest BCUT2D eigenvalue weighted by Crippen LogP contribution is 2.65. The molecule has 1 saturated heterocycles. The summed E-state index contributed by atoms with van der Waals surface area (Å²) in [6.07, 6.45) is 3.10. The van der Waals surface area contributed by atoms with Crippen molar-refractivity contribution in [2.45, 2.75) is 132 Å². The van der Waals surface area contributed by atoms with Gasteiger partial charge in [0.15, 0.2) is 0 Å². The number of nitrogens with zero attached hydrogens (tertiary/aromatic N) is 1. The molecule has 0 aromatic carbocycles. The van der Waals surface area contributed by atoms with E-state index in [9.17, 15) is 28.8 Å². The number of ether oxygens (including phenoxy) is 1. The average Bonchev–Trinajstić information content (AvgIpc) is 3.25. The van der Waals surface area contributed by atoms with Crippen molar-refractivity contribution in [1.29, 1.82) is 0 Å². The number of urea groups is 1. The zero-order chi connectivity index (χ0) is 36.3. The van der Waals surface area contributed by atoms with E-state index < -0.39 is 76.1 Å². The summed E-state index contributed by atoms with van der Waals surface area (Å²) < 4.78 is 5.56. The van der Waals surface area contributed by atoms with Gasteiger partial charge in [0.05, 0.1) is 6.04 Å². The Morgan fingerprint density at radius 1 is 0.915 bits per heavy atom. The van der Waals surface area contributed by atoms with Crippen LogP contribution in [0.15, 0.2) is 12.7 Å². The minimum absolute atomic E-state index is 0.0507. The van der Waals surface area contributed by atoms with E-state index >= 15 is 0 Å². The molecule has 1 saturated carbocycles. The average molecular weight is 662 g/mol. The van der Waals surface area contributed by atoms with Gasteiger partial charge in [0.1, 0.15) is 23.7 Å². The van der Waals surface area contributed by atoms with Crippen molar-refractivity contribution in [2.75, 3.05) is 13.1 Å². The zero-order valence-electron chi connectivity index (χ0n) is 30.6. The van der Waals surface area contributed by atoms with Crippen LogP contribution in [-0.4, -0.2) is 83.3 Å². The molecule has 4 N–H and O–H groups in total. The number of hydrogen-bond donors (Lipinski definition) is 4. The molecule has 47 heavy (non-hydrogen) atoms. The molecule has 2 aliphatic rings. The van der Waals surface area contributed by atoms with E-state index in [0.29, 0.717) is 13.0 Å². The summed E-state index contributed by atoms with van der Waals surface area (Å²) in [6, 6.07) is -4.72. The lowest BCUT2D eigenvalue weighted by molar-refractivity contribution is -0.160. The normalized spacial score (nSPS) is 22.1. The molecule has 6 atom stereocenters. The van der Waals surface area contributed by atoms with Crippen LogP contribution in [0.25, 0.3) is 0 Å². The van der Waals surface area contributed by atoms with Gasteiger partial charge >= 0.3 is 12.0 Å². The van der Waals surface area contributed by atoms with Crippen molar-refractivity contribution in [3.8, 4) is 0 Å². The predicted octanol–water partition coefficient (Wildman–Crippen LogP) is 3.49. The van der Waals surface area contributed by atoms with Gasteiger partial charge in [-0.2, -0.15) is 0 Å². The molecule has 0 spiro atoms. The van der Waals surface area contributed by atoms with E-state index in [0.717, 1.165) is 6.42 Å². The van der Waals surface area contributed by atoms with Gasteiger partial charge < -0.3 is 30.9 Å². The Bertz CT molecular complexity index is 1220. The van der Waals surface area contributed by atoms with Crippen LogP contribution >= 0.6 is 0 Å². The zero-order valence-corrected chi connectivity index (χ0v) is 30.6. The molecule has 12 heteroatoms. The molecular weight excluding hydrogens is 602 g/mol. The summed E-state index contributed by atoms with van der Waals surface area (Å²) >= 11 is 0. The number of unbranched alkanes of at least 4 members (excludes halogenated alkanes) is 1. The summed E-state index contributed by atoms with van der Waals surface area (Å²) in [5, 5.41) is 10.8. The van der Waals surface area contributed by atoms with Crippen molar-refractivity contribution >= 4 is 35.5 Å². The van der Waals surface area contributed by atoms with Crippen molar-refractivity contribution in [2.24, 2.45) is 28.1 Å². The van der Waals surface area contributed by atoms with Gasteiger partial charge in [-0.15, -0.1) is 6.58 Å². The molecule has 0 bridgehead atoms. The molecule has 5 amide bonds. The van der Waals surface area contributed by atoms with Gasteiger partial charge in [0.2, 0.25) is 17.6 Å². The third kappa shape index (κ3) is 10.0. The molecule has 0 aromatic heterocycles. The van der Waals surface area contributed by atoms with Crippen molar-refractivity contribution in [1.82, 2.24) is 26.2 Å². The van der Waals surface area contributed by atoms with Crippen molar-refractivity contribution < 1.29 is 33.5 Å². The van der Waals surface area contributed by atoms with E-state index in [1.54, 1.807) is 41.5 Å². The largest absolute Gasteiger partial charge is 0.458 e. The number of likely N-dealkylation sites (tertiary alicyclic amines) is 1. The first kappa shape index (κ1) is 39.7. The smallest absolute Gasteiger partial charge is 0.329 e. The number of rotatable bonds is 13. The number of ketones is 1. The maximum Gasteiger partial charge on any atom is 0.329 e. The fourth-order valence-electron chi connectivity index (χ4n) is 6.27. The molecule has 2 unspecified atom stereocenters. The third-order valence-corrected chi connectivity index (χ3v) is 9.04. The molecule has 1 aliphatic heterocycles.